The zero-order valence-electron chi connectivity index (χ0n) is 18.5. The van der Waals surface area contributed by atoms with Gasteiger partial charge in [-0.3, -0.25) is 0 Å². The van der Waals surface area contributed by atoms with Crippen LogP contribution in [0.25, 0.3) is 0 Å². The van der Waals surface area contributed by atoms with Crippen molar-refractivity contribution in [3.63, 3.8) is 0 Å². The predicted molar refractivity (Wildman–Crippen MR) is 119 cm³/mol. The first-order valence-corrected chi connectivity index (χ1v) is 11.6. The summed E-state index contributed by atoms with van der Waals surface area (Å²) in [6.45, 7) is 4.31. The maximum atomic E-state index is 11.8. The number of rotatable bonds is 17. The first kappa shape index (κ1) is 25.2. The van der Waals surface area contributed by atoms with E-state index in [-0.39, 0.29) is 11.1 Å². The van der Waals surface area contributed by atoms with Crippen molar-refractivity contribution in [1.82, 2.24) is 0 Å². The largest absolute Gasteiger partial charge is 0.478 e. The highest BCUT2D eigenvalue weighted by molar-refractivity contribution is 6.03. The van der Waals surface area contributed by atoms with Crippen LogP contribution in [0.5, 0.6) is 0 Å². The van der Waals surface area contributed by atoms with Crippen LogP contribution in [0.15, 0.2) is 12.1 Å². The normalized spacial score (nSPS) is 11.0. The molecule has 4 nitrogen and oxygen atoms in total. The maximum absolute atomic E-state index is 11.8. The molecule has 4 heteroatoms. The molecule has 0 aliphatic rings. The van der Waals surface area contributed by atoms with Gasteiger partial charge in [-0.05, 0) is 42.9 Å². The molecule has 2 N–H and O–H groups in total. The third kappa shape index (κ3) is 9.47. The highest BCUT2D eigenvalue weighted by Gasteiger charge is 2.22. The van der Waals surface area contributed by atoms with Crippen molar-refractivity contribution in [2.24, 2.45) is 0 Å². The summed E-state index contributed by atoms with van der Waals surface area (Å²) in [5, 5.41) is 19.0. The van der Waals surface area contributed by atoms with Gasteiger partial charge in [0.25, 0.3) is 0 Å². The lowest BCUT2D eigenvalue weighted by atomic mass is 9.89. The summed E-state index contributed by atoms with van der Waals surface area (Å²) in [5.41, 5.74) is 1.64. The second-order valence-corrected chi connectivity index (χ2v) is 8.13. The van der Waals surface area contributed by atoms with Crippen LogP contribution in [-0.4, -0.2) is 22.2 Å². The number of hydrogen-bond donors (Lipinski definition) is 2. The van der Waals surface area contributed by atoms with Gasteiger partial charge in [0.05, 0.1) is 11.1 Å². The smallest absolute Gasteiger partial charge is 0.336 e. The number of benzene rings is 1. The molecule has 0 aliphatic heterocycles. The maximum Gasteiger partial charge on any atom is 0.336 e. The fraction of sp³-hybridized carbons (Fsp3) is 0.680. The van der Waals surface area contributed by atoms with Gasteiger partial charge in [0, 0.05) is 0 Å². The van der Waals surface area contributed by atoms with Crippen molar-refractivity contribution in [2.45, 2.75) is 110 Å². The molecule has 0 spiro atoms. The van der Waals surface area contributed by atoms with Crippen LogP contribution in [0.2, 0.25) is 0 Å². The standard InChI is InChI=1S/C25H40O4/c1-3-5-7-8-9-10-11-12-13-14-15-16-20-18-19-22(24(26)27)23(25(28)29)21(20)17-6-4-2/h18-19H,3-17H2,1-2H3,(H,26,27)(H,28,29). The quantitative estimate of drug-likeness (QED) is 0.267. The lowest BCUT2D eigenvalue weighted by molar-refractivity contribution is 0.0650. The van der Waals surface area contributed by atoms with E-state index in [4.69, 9.17) is 0 Å². The molecule has 0 amide bonds. The minimum absolute atomic E-state index is 0.00785. The van der Waals surface area contributed by atoms with Gasteiger partial charge in [0.1, 0.15) is 0 Å². The van der Waals surface area contributed by atoms with E-state index < -0.39 is 11.9 Å². The van der Waals surface area contributed by atoms with Crippen molar-refractivity contribution in [3.05, 3.63) is 34.4 Å². The van der Waals surface area contributed by atoms with Crippen LogP contribution in [0.3, 0.4) is 0 Å². The van der Waals surface area contributed by atoms with Crippen molar-refractivity contribution in [1.29, 1.82) is 0 Å². The fourth-order valence-electron chi connectivity index (χ4n) is 3.97. The van der Waals surface area contributed by atoms with Gasteiger partial charge >= 0.3 is 11.9 Å². The lowest BCUT2D eigenvalue weighted by Crippen LogP contribution is -2.14. The van der Waals surface area contributed by atoms with E-state index in [2.05, 4.69) is 13.8 Å². The fourth-order valence-corrected chi connectivity index (χ4v) is 3.97. The minimum atomic E-state index is -1.17. The molecular formula is C25H40O4. The summed E-state index contributed by atoms with van der Waals surface area (Å²) < 4.78 is 0. The number of carboxylic acid groups (broad SMARTS) is 2. The SMILES string of the molecule is CCCCCCCCCCCCCc1ccc(C(=O)O)c(C(=O)O)c1CCCC. The van der Waals surface area contributed by atoms with Gasteiger partial charge in [-0.15, -0.1) is 0 Å². The molecule has 1 aromatic carbocycles. The molecule has 0 radical (unpaired) electrons. The van der Waals surface area contributed by atoms with E-state index >= 15 is 0 Å². The molecule has 1 rings (SSSR count). The average molecular weight is 405 g/mol. The van der Waals surface area contributed by atoms with Crippen LogP contribution < -0.4 is 0 Å². The number of hydrogen-bond acceptors (Lipinski definition) is 2. The number of carbonyl (C=O) groups is 2. The first-order valence-electron chi connectivity index (χ1n) is 11.6. The summed E-state index contributed by atoms with van der Waals surface area (Å²) in [7, 11) is 0. The van der Waals surface area contributed by atoms with Gasteiger partial charge in [0.2, 0.25) is 0 Å². The molecule has 1 aromatic rings. The van der Waals surface area contributed by atoms with Gasteiger partial charge in [0.15, 0.2) is 0 Å². The van der Waals surface area contributed by atoms with Crippen molar-refractivity contribution in [2.75, 3.05) is 0 Å². The topological polar surface area (TPSA) is 74.6 Å². The molecule has 0 saturated carbocycles. The number of unbranched alkanes of at least 4 members (excludes halogenated alkanes) is 11. The highest BCUT2D eigenvalue weighted by atomic mass is 16.4. The Morgan fingerprint density at radius 1 is 0.655 bits per heavy atom. The summed E-state index contributed by atoms with van der Waals surface area (Å²) in [6, 6.07) is 3.30. The van der Waals surface area contributed by atoms with Crippen molar-refractivity contribution >= 4 is 11.9 Å². The molecule has 29 heavy (non-hydrogen) atoms. The molecule has 0 saturated heterocycles. The molecule has 0 aromatic heterocycles. The Hall–Kier alpha value is -1.84. The number of aryl methyl sites for hydroxylation is 1. The zero-order chi connectivity index (χ0) is 21.5. The van der Waals surface area contributed by atoms with Crippen LogP contribution in [0.4, 0.5) is 0 Å². The molecule has 0 bridgehead atoms. The van der Waals surface area contributed by atoms with E-state index in [0.29, 0.717) is 6.42 Å². The Labute approximate surface area is 176 Å². The molecule has 0 atom stereocenters. The van der Waals surface area contributed by atoms with Crippen LogP contribution in [-0.2, 0) is 12.8 Å². The van der Waals surface area contributed by atoms with Gasteiger partial charge in [-0.25, -0.2) is 9.59 Å². The van der Waals surface area contributed by atoms with Crippen molar-refractivity contribution in [3.8, 4) is 0 Å². The first-order chi connectivity index (χ1) is 14.0. The van der Waals surface area contributed by atoms with E-state index in [9.17, 15) is 19.8 Å². The second-order valence-electron chi connectivity index (χ2n) is 8.13. The Bertz CT molecular complexity index is 621. The Morgan fingerprint density at radius 3 is 1.66 bits per heavy atom. The molecule has 164 valence electrons. The van der Waals surface area contributed by atoms with Crippen LogP contribution >= 0.6 is 0 Å². The zero-order valence-corrected chi connectivity index (χ0v) is 18.5. The molecule has 0 fully saturated rings. The highest BCUT2D eigenvalue weighted by Crippen LogP contribution is 2.24. The third-order valence-corrected chi connectivity index (χ3v) is 5.68. The summed E-state index contributed by atoms with van der Waals surface area (Å²) in [4.78, 5) is 23.2. The van der Waals surface area contributed by atoms with Crippen LogP contribution in [0.1, 0.15) is 129 Å². The van der Waals surface area contributed by atoms with E-state index in [1.807, 2.05) is 6.07 Å². The predicted octanol–water partition coefficient (Wildman–Crippen LogP) is 7.28. The summed E-state index contributed by atoms with van der Waals surface area (Å²) in [6.07, 6.45) is 17.3. The van der Waals surface area contributed by atoms with Crippen molar-refractivity contribution < 1.29 is 19.8 Å². The van der Waals surface area contributed by atoms with E-state index in [1.54, 1.807) is 0 Å². The van der Waals surface area contributed by atoms with E-state index in [1.165, 1.54) is 63.9 Å². The molecule has 0 heterocycles. The van der Waals surface area contributed by atoms with Gasteiger partial charge < -0.3 is 10.2 Å². The Morgan fingerprint density at radius 2 is 1.17 bits per heavy atom. The Kier molecular flexibility index (Phi) is 13.1. The van der Waals surface area contributed by atoms with Gasteiger partial charge in [-0.1, -0.05) is 90.5 Å². The average Bonchev–Trinajstić information content (AvgIpc) is 2.70. The van der Waals surface area contributed by atoms with E-state index in [0.717, 1.165) is 43.2 Å². The number of aromatic carboxylic acids is 2. The second kappa shape index (κ2) is 15.1. The minimum Gasteiger partial charge on any atom is -0.478 e. The third-order valence-electron chi connectivity index (χ3n) is 5.68. The monoisotopic (exact) mass is 404 g/mol. The summed E-state index contributed by atoms with van der Waals surface area (Å²) >= 11 is 0. The molecule has 0 aliphatic carbocycles. The summed E-state index contributed by atoms with van der Waals surface area (Å²) in [5.74, 6) is -2.30. The number of carboxylic acids is 2. The molecule has 0 unspecified atom stereocenters. The lowest BCUT2D eigenvalue weighted by Gasteiger charge is -2.15. The Balaban J connectivity index is 2.51. The van der Waals surface area contributed by atoms with Gasteiger partial charge in [-0.2, -0.15) is 0 Å². The molecular weight excluding hydrogens is 364 g/mol. The van der Waals surface area contributed by atoms with Crippen LogP contribution in [0, 0.1) is 0 Å².